The van der Waals surface area contributed by atoms with E-state index < -0.39 is 0 Å². The summed E-state index contributed by atoms with van der Waals surface area (Å²) in [5.74, 6) is 0.527. The molecule has 0 unspecified atom stereocenters. The summed E-state index contributed by atoms with van der Waals surface area (Å²) in [5, 5.41) is 0. The molecular weight excluding hydrogens is 295 g/mol. The monoisotopic (exact) mass is 308 g/mol. The molecule has 18 heavy (non-hydrogen) atoms. The normalized spacial score (nSPS) is 10.4. The van der Waals surface area contributed by atoms with Gasteiger partial charge in [-0.05, 0) is 43.2 Å². The quantitative estimate of drug-likeness (QED) is 0.792. The summed E-state index contributed by atoms with van der Waals surface area (Å²) in [6.45, 7) is 4.26. The van der Waals surface area contributed by atoms with Crippen LogP contribution in [0.4, 0.5) is 4.39 Å². The second-order valence-electron chi connectivity index (χ2n) is 4.25. The zero-order valence-electron chi connectivity index (χ0n) is 10.3. The van der Waals surface area contributed by atoms with Crippen molar-refractivity contribution < 1.29 is 9.13 Å². The zero-order valence-corrected chi connectivity index (χ0v) is 11.9. The van der Waals surface area contributed by atoms with E-state index in [1.807, 2.05) is 26.0 Å². The molecule has 0 aliphatic carbocycles. The Morgan fingerprint density at radius 1 is 1.11 bits per heavy atom. The molecule has 0 saturated heterocycles. The van der Waals surface area contributed by atoms with Gasteiger partial charge in [0, 0.05) is 10.0 Å². The summed E-state index contributed by atoms with van der Waals surface area (Å²) >= 11 is 3.51. The number of rotatable bonds is 3. The first-order chi connectivity index (χ1) is 8.58. The molecule has 0 heterocycles. The van der Waals surface area contributed by atoms with Gasteiger partial charge in [-0.2, -0.15) is 0 Å². The molecular formula is C15H14BrFO. The highest BCUT2D eigenvalue weighted by molar-refractivity contribution is 9.10. The number of benzene rings is 2. The average molecular weight is 309 g/mol. The lowest BCUT2D eigenvalue weighted by molar-refractivity contribution is 0.299. The third-order valence-electron chi connectivity index (χ3n) is 2.76. The number of ether oxygens (including phenoxy) is 1. The zero-order chi connectivity index (χ0) is 13.1. The summed E-state index contributed by atoms with van der Waals surface area (Å²) < 4.78 is 20.1. The molecule has 0 N–H and O–H groups in total. The van der Waals surface area contributed by atoms with E-state index in [1.54, 1.807) is 18.2 Å². The summed E-state index contributed by atoms with van der Waals surface area (Å²) in [6, 6.07) is 10.5. The van der Waals surface area contributed by atoms with Crippen molar-refractivity contribution in [3.05, 3.63) is 63.4 Å². The van der Waals surface area contributed by atoms with Crippen LogP contribution in [0.1, 0.15) is 16.7 Å². The smallest absolute Gasteiger partial charge is 0.129 e. The largest absolute Gasteiger partial charge is 0.489 e. The lowest BCUT2D eigenvalue weighted by atomic mass is 10.1. The van der Waals surface area contributed by atoms with Gasteiger partial charge in [-0.25, -0.2) is 4.39 Å². The topological polar surface area (TPSA) is 9.23 Å². The highest BCUT2D eigenvalue weighted by Crippen LogP contribution is 2.26. The van der Waals surface area contributed by atoms with Crippen LogP contribution in [0.25, 0.3) is 0 Å². The maximum absolute atomic E-state index is 13.4. The number of halogens is 2. The first-order valence-electron chi connectivity index (χ1n) is 5.71. The van der Waals surface area contributed by atoms with Crippen LogP contribution < -0.4 is 4.74 Å². The van der Waals surface area contributed by atoms with Gasteiger partial charge in [-0.1, -0.05) is 34.1 Å². The van der Waals surface area contributed by atoms with Gasteiger partial charge < -0.3 is 4.74 Å². The van der Waals surface area contributed by atoms with Gasteiger partial charge in [0.1, 0.15) is 18.2 Å². The first-order valence-corrected chi connectivity index (χ1v) is 6.50. The fourth-order valence-electron chi connectivity index (χ4n) is 1.77. The molecule has 0 atom stereocenters. The minimum Gasteiger partial charge on any atom is -0.489 e. The van der Waals surface area contributed by atoms with Gasteiger partial charge >= 0.3 is 0 Å². The highest BCUT2D eigenvalue weighted by Gasteiger charge is 2.05. The maximum Gasteiger partial charge on any atom is 0.129 e. The standard InChI is InChI=1S/C15H14BrFO/c1-10-7-13(8-11(2)15(10)16)18-9-12-5-3-4-6-14(12)17/h3-8H,9H2,1-2H3. The van der Waals surface area contributed by atoms with Crippen LogP contribution in [-0.2, 0) is 6.61 Å². The molecule has 0 aliphatic rings. The Balaban J connectivity index is 2.14. The Hall–Kier alpha value is -1.35. The molecule has 0 bridgehead atoms. The van der Waals surface area contributed by atoms with Crippen LogP contribution in [0.5, 0.6) is 5.75 Å². The highest BCUT2D eigenvalue weighted by atomic mass is 79.9. The summed E-state index contributed by atoms with van der Waals surface area (Å²) in [4.78, 5) is 0. The van der Waals surface area contributed by atoms with Crippen LogP contribution in [0.15, 0.2) is 40.9 Å². The minimum absolute atomic E-state index is 0.233. The van der Waals surface area contributed by atoms with E-state index in [1.165, 1.54) is 6.07 Å². The SMILES string of the molecule is Cc1cc(OCc2ccccc2F)cc(C)c1Br. The van der Waals surface area contributed by atoms with E-state index >= 15 is 0 Å². The van der Waals surface area contributed by atoms with Gasteiger partial charge in [0.2, 0.25) is 0 Å². The van der Waals surface area contributed by atoms with E-state index in [0.29, 0.717) is 5.56 Å². The molecule has 0 spiro atoms. The van der Waals surface area contributed by atoms with E-state index in [2.05, 4.69) is 15.9 Å². The fourth-order valence-corrected chi connectivity index (χ4v) is 1.99. The van der Waals surface area contributed by atoms with Gasteiger partial charge in [0.15, 0.2) is 0 Å². The maximum atomic E-state index is 13.4. The molecule has 0 aliphatic heterocycles. The lowest BCUT2D eigenvalue weighted by Crippen LogP contribution is -1.99. The second-order valence-corrected chi connectivity index (χ2v) is 5.04. The van der Waals surface area contributed by atoms with Crippen molar-refractivity contribution in [3.8, 4) is 5.75 Å². The summed E-state index contributed by atoms with van der Waals surface area (Å²) in [7, 11) is 0. The second kappa shape index (κ2) is 5.53. The van der Waals surface area contributed by atoms with Crippen molar-refractivity contribution >= 4 is 15.9 Å². The Kier molecular flexibility index (Phi) is 4.02. The van der Waals surface area contributed by atoms with Crippen molar-refractivity contribution in [2.45, 2.75) is 20.5 Å². The van der Waals surface area contributed by atoms with Crippen molar-refractivity contribution in [2.75, 3.05) is 0 Å². The first kappa shape index (κ1) is 13.1. The molecule has 2 rings (SSSR count). The summed E-state index contributed by atoms with van der Waals surface area (Å²) in [5.41, 5.74) is 2.78. The van der Waals surface area contributed by atoms with Crippen LogP contribution in [0.2, 0.25) is 0 Å². The molecule has 2 aromatic rings. The number of hydrogen-bond donors (Lipinski definition) is 0. The van der Waals surface area contributed by atoms with Gasteiger partial charge in [-0.3, -0.25) is 0 Å². The van der Waals surface area contributed by atoms with Crippen molar-refractivity contribution in [3.63, 3.8) is 0 Å². The van der Waals surface area contributed by atoms with E-state index in [4.69, 9.17) is 4.74 Å². The van der Waals surface area contributed by atoms with Crippen LogP contribution in [0.3, 0.4) is 0 Å². The van der Waals surface area contributed by atoms with Crippen LogP contribution in [0, 0.1) is 19.7 Å². The van der Waals surface area contributed by atoms with Gasteiger partial charge in [0.25, 0.3) is 0 Å². The molecule has 0 saturated carbocycles. The molecule has 0 radical (unpaired) electrons. The number of aryl methyl sites for hydroxylation is 2. The number of hydrogen-bond acceptors (Lipinski definition) is 1. The van der Waals surface area contributed by atoms with Crippen LogP contribution in [-0.4, -0.2) is 0 Å². The third kappa shape index (κ3) is 2.91. The van der Waals surface area contributed by atoms with Crippen molar-refractivity contribution in [1.29, 1.82) is 0 Å². The Morgan fingerprint density at radius 3 is 2.33 bits per heavy atom. The molecule has 0 fully saturated rings. The third-order valence-corrected chi connectivity index (χ3v) is 4.01. The van der Waals surface area contributed by atoms with Crippen molar-refractivity contribution in [2.24, 2.45) is 0 Å². The van der Waals surface area contributed by atoms with Gasteiger partial charge in [0.05, 0.1) is 0 Å². The molecule has 0 amide bonds. The molecule has 2 aromatic carbocycles. The van der Waals surface area contributed by atoms with Gasteiger partial charge in [-0.15, -0.1) is 0 Å². The Morgan fingerprint density at radius 2 is 1.72 bits per heavy atom. The average Bonchev–Trinajstić information content (AvgIpc) is 2.35. The van der Waals surface area contributed by atoms with E-state index in [-0.39, 0.29) is 12.4 Å². The predicted octanol–water partition coefficient (Wildman–Crippen LogP) is 4.78. The Labute approximate surface area is 115 Å². The van der Waals surface area contributed by atoms with Crippen molar-refractivity contribution in [1.82, 2.24) is 0 Å². The van der Waals surface area contributed by atoms with E-state index in [0.717, 1.165) is 21.3 Å². The lowest BCUT2D eigenvalue weighted by Gasteiger charge is -2.10. The van der Waals surface area contributed by atoms with Crippen LogP contribution >= 0.6 is 15.9 Å². The fraction of sp³-hybridized carbons (Fsp3) is 0.200. The molecule has 1 nitrogen and oxygen atoms in total. The van der Waals surface area contributed by atoms with E-state index in [9.17, 15) is 4.39 Å². The minimum atomic E-state index is -0.233. The molecule has 3 heteroatoms. The molecule has 0 aromatic heterocycles. The predicted molar refractivity (Wildman–Crippen MR) is 74.3 cm³/mol. The molecule has 94 valence electrons. The summed E-state index contributed by atoms with van der Waals surface area (Å²) in [6.07, 6.45) is 0. The Bertz CT molecular complexity index is 543.